The molecule has 1 heterocycles. The van der Waals surface area contributed by atoms with E-state index in [-0.39, 0.29) is 22.4 Å². The number of hydrogen-bond donors (Lipinski definition) is 3. The van der Waals surface area contributed by atoms with Crippen molar-refractivity contribution >= 4 is 29.1 Å². The van der Waals surface area contributed by atoms with Crippen LogP contribution in [-0.2, 0) is 12.7 Å². The van der Waals surface area contributed by atoms with Crippen LogP contribution >= 0.6 is 0 Å². The van der Waals surface area contributed by atoms with Gasteiger partial charge >= 0.3 is 6.18 Å². The molecule has 10 heteroatoms. The minimum absolute atomic E-state index is 0.107. The van der Waals surface area contributed by atoms with Crippen molar-refractivity contribution in [3.8, 4) is 0 Å². The van der Waals surface area contributed by atoms with Gasteiger partial charge in [0.05, 0.1) is 23.6 Å². The summed E-state index contributed by atoms with van der Waals surface area (Å²) in [4.78, 5) is 34.1. The van der Waals surface area contributed by atoms with Gasteiger partial charge in [-0.15, -0.1) is 0 Å². The molecule has 0 atom stereocenters. The first-order chi connectivity index (χ1) is 18.1. The molecule has 38 heavy (non-hydrogen) atoms. The molecule has 0 saturated heterocycles. The minimum atomic E-state index is -4.57. The van der Waals surface area contributed by atoms with E-state index in [0.717, 1.165) is 11.6 Å². The maximum atomic E-state index is 13.2. The molecule has 0 aliphatic rings. The highest BCUT2D eigenvalue weighted by Crippen LogP contribution is 2.33. The molecule has 1 aromatic heterocycles. The van der Waals surface area contributed by atoms with E-state index in [2.05, 4.69) is 25.9 Å². The Morgan fingerprint density at radius 3 is 2.13 bits per heavy atom. The third-order valence-electron chi connectivity index (χ3n) is 5.83. The summed E-state index contributed by atoms with van der Waals surface area (Å²) in [7, 11) is 0. The first-order valence-electron chi connectivity index (χ1n) is 11.6. The maximum Gasteiger partial charge on any atom is 0.416 e. The normalized spacial score (nSPS) is 11.1. The van der Waals surface area contributed by atoms with Crippen LogP contribution in [0.2, 0.25) is 0 Å². The number of hydrogen-bond acceptors (Lipinski definition) is 5. The molecule has 194 valence electrons. The van der Waals surface area contributed by atoms with Crippen LogP contribution in [0.4, 0.5) is 30.5 Å². The largest absolute Gasteiger partial charge is 0.416 e. The number of anilines is 3. The van der Waals surface area contributed by atoms with Crippen molar-refractivity contribution in [3.63, 3.8) is 0 Å². The summed E-state index contributed by atoms with van der Waals surface area (Å²) >= 11 is 0. The number of carbonyl (C=O) groups is 2. The Morgan fingerprint density at radius 2 is 1.45 bits per heavy atom. The second-order valence-electron chi connectivity index (χ2n) is 8.55. The van der Waals surface area contributed by atoms with E-state index in [1.807, 2.05) is 30.3 Å². The van der Waals surface area contributed by atoms with Crippen molar-refractivity contribution in [1.82, 2.24) is 9.97 Å². The number of halogens is 3. The summed E-state index contributed by atoms with van der Waals surface area (Å²) in [6.07, 6.45) is -1.64. The third-order valence-corrected chi connectivity index (χ3v) is 5.83. The van der Waals surface area contributed by atoms with Crippen LogP contribution in [-0.4, -0.2) is 21.8 Å². The molecule has 0 radical (unpaired) electrons. The van der Waals surface area contributed by atoms with Crippen molar-refractivity contribution < 1.29 is 22.8 Å². The van der Waals surface area contributed by atoms with Gasteiger partial charge in [-0.25, -0.2) is 9.97 Å². The number of nitrogens with zero attached hydrogens (tertiary/aromatic N) is 2. The van der Waals surface area contributed by atoms with E-state index < -0.39 is 23.6 Å². The van der Waals surface area contributed by atoms with Gasteiger partial charge in [0.2, 0.25) is 5.95 Å². The summed E-state index contributed by atoms with van der Waals surface area (Å²) in [5, 5.41) is 8.40. The zero-order valence-electron chi connectivity index (χ0n) is 20.6. The van der Waals surface area contributed by atoms with Gasteiger partial charge < -0.3 is 16.0 Å². The number of rotatable bonds is 7. The minimum Gasteiger partial charge on any atom is -0.350 e. The molecule has 0 unspecified atom stereocenters. The van der Waals surface area contributed by atoms with Gasteiger partial charge in [-0.2, -0.15) is 13.2 Å². The number of aryl methyl sites for hydroxylation is 1. The van der Waals surface area contributed by atoms with Crippen molar-refractivity contribution in [2.45, 2.75) is 26.6 Å². The van der Waals surface area contributed by atoms with E-state index in [1.165, 1.54) is 37.5 Å². The van der Waals surface area contributed by atoms with Crippen LogP contribution in [0.5, 0.6) is 0 Å². The van der Waals surface area contributed by atoms with E-state index in [4.69, 9.17) is 0 Å². The zero-order chi connectivity index (χ0) is 27.3. The quantitative estimate of drug-likeness (QED) is 0.269. The van der Waals surface area contributed by atoms with Crippen molar-refractivity contribution in [1.29, 1.82) is 0 Å². The van der Waals surface area contributed by atoms with E-state index in [0.29, 0.717) is 23.7 Å². The molecule has 3 N–H and O–H groups in total. The maximum absolute atomic E-state index is 13.2. The van der Waals surface area contributed by atoms with E-state index in [1.54, 1.807) is 19.1 Å². The molecular weight excluding hydrogens is 495 g/mol. The highest BCUT2D eigenvalue weighted by molar-refractivity contribution is 6.08. The molecule has 4 aromatic rings. The predicted molar refractivity (Wildman–Crippen MR) is 139 cm³/mol. The summed E-state index contributed by atoms with van der Waals surface area (Å²) < 4.78 is 39.7. The molecule has 0 spiro atoms. The van der Waals surface area contributed by atoms with Gasteiger partial charge in [0.1, 0.15) is 0 Å². The number of carbonyl (C=O) groups excluding carboxylic acids is 2. The number of alkyl halides is 3. The molecule has 4 rings (SSSR count). The summed E-state index contributed by atoms with van der Waals surface area (Å²) in [5.41, 5.74) is 1.45. The van der Waals surface area contributed by atoms with Crippen LogP contribution in [0, 0.1) is 13.8 Å². The van der Waals surface area contributed by atoms with Crippen LogP contribution < -0.4 is 16.0 Å². The van der Waals surface area contributed by atoms with Gasteiger partial charge in [-0.05, 0) is 54.8 Å². The molecule has 0 bridgehead atoms. The lowest BCUT2D eigenvalue weighted by Crippen LogP contribution is -2.18. The zero-order valence-corrected chi connectivity index (χ0v) is 20.6. The molecule has 0 fully saturated rings. The summed E-state index contributed by atoms with van der Waals surface area (Å²) in [6.45, 7) is 3.52. The van der Waals surface area contributed by atoms with E-state index in [9.17, 15) is 22.8 Å². The molecule has 2 amide bonds. The van der Waals surface area contributed by atoms with Crippen LogP contribution in [0.15, 0.2) is 79.1 Å². The Balaban J connectivity index is 1.43. The second-order valence-corrected chi connectivity index (χ2v) is 8.55. The summed E-state index contributed by atoms with van der Waals surface area (Å²) in [5.74, 6) is -0.768. The van der Waals surface area contributed by atoms with E-state index >= 15 is 0 Å². The van der Waals surface area contributed by atoms with Crippen LogP contribution in [0.3, 0.4) is 0 Å². The second kappa shape index (κ2) is 11.1. The first-order valence-corrected chi connectivity index (χ1v) is 11.6. The Kier molecular flexibility index (Phi) is 7.71. The summed E-state index contributed by atoms with van der Waals surface area (Å²) in [6, 6.07) is 17.8. The molecule has 0 aliphatic carbocycles. The van der Waals surface area contributed by atoms with Gasteiger partial charge in [0, 0.05) is 23.4 Å². The van der Waals surface area contributed by atoms with Crippen LogP contribution in [0.1, 0.15) is 43.0 Å². The smallest absolute Gasteiger partial charge is 0.350 e. The Morgan fingerprint density at radius 1 is 0.789 bits per heavy atom. The molecule has 0 saturated carbocycles. The molecular formula is C28H24F3N5O2. The topological polar surface area (TPSA) is 96.0 Å². The fourth-order valence-corrected chi connectivity index (χ4v) is 3.79. The van der Waals surface area contributed by atoms with Crippen LogP contribution in [0.25, 0.3) is 0 Å². The number of nitrogens with one attached hydrogen (secondary N) is 3. The Labute approximate surface area is 217 Å². The number of benzene rings is 3. The lowest BCUT2D eigenvalue weighted by Gasteiger charge is -2.15. The fourth-order valence-electron chi connectivity index (χ4n) is 3.79. The Bertz CT molecular complexity index is 1460. The van der Waals surface area contributed by atoms with Gasteiger partial charge in [-0.3, -0.25) is 9.59 Å². The Hall–Kier alpha value is -4.73. The average molecular weight is 520 g/mol. The lowest BCUT2D eigenvalue weighted by atomic mass is 10.0. The standard InChI is InChI=1S/C28H24F3N5O2/c1-17-11-12-20(35-25(37)22-9-6-10-24(18(22)2)28(29,30)31)13-23(17)26(38)36-21-15-33-27(34-16-21)32-14-19-7-4-3-5-8-19/h3-13,15-16H,14H2,1-2H3,(H,35,37)(H,36,38)(H,32,33,34). The van der Waals surface area contributed by atoms with Crippen molar-refractivity contribution in [2.24, 2.45) is 0 Å². The van der Waals surface area contributed by atoms with Gasteiger partial charge in [0.15, 0.2) is 0 Å². The highest BCUT2D eigenvalue weighted by Gasteiger charge is 2.33. The number of amides is 2. The fraction of sp³-hybridized carbons (Fsp3) is 0.143. The lowest BCUT2D eigenvalue weighted by molar-refractivity contribution is -0.138. The first kappa shape index (κ1) is 26.3. The SMILES string of the molecule is Cc1ccc(NC(=O)c2cccc(C(F)(F)F)c2C)cc1C(=O)Nc1cnc(NCc2ccccc2)nc1. The monoisotopic (exact) mass is 519 g/mol. The highest BCUT2D eigenvalue weighted by atomic mass is 19.4. The van der Waals surface area contributed by atoms with Crippen molar-refractivity contribution in [2.75, 3.05) is 16.0 Å². The van der Waals surface area contributed by atoms with Gasteiger partial charge in [-0.1, -0.05) is 42.5 Å². The number of aromatic nitrogens is 2. The predicted octanol–water partition coefficient (Wildman–Crippen LogP) is 6.23. The van der Waals surface area contributed by atoms with Gasteiger partial charge in [0.25, 0.3) is 11.8 Å². The molecule has 3 aromatic carbocycles. The molecule has 0 aliphatic heterocycles. The van der Waals surface area contributed by atoms with Crippen molar-refractivity contribution in [3.05, 3.63) is 113 Å². The molecule has 7 nitrogen and oxygen atoms in total. The third kappa shape index (κ3) is 6.33. The average Bonchev–Trinajstić information content (AvgIpc) is 2.89.